The SMILES string of the molecule is O=C(c1cc(-c2ccc(Cl)cc2)n(-c2ccccc2Cl)n1)N1CCC(c2ccc(Cl)cc2)CC1. The van der Waals surface area contributed by atoms with Crippen LogP contribution in [-0.2, 0) is 0 Å². The number of nitrogens with zero attached hydrogens (tertiary/aromatic N) is 3. The van der Waals surface area contributed by atoms with E-state index >= 15 is 0 Å². The van der Waals surface area contributed by atoms with Crippen LogP contribution in [0.3, 0.4) is 0 Å². The first-order valence-electron chi connectivity index (χ1n) is 11.2. The second-order valence-corrected chi connectivity index (χ2v) is 9.68. The Morgan fingerprint density at radius 2 is 1.44 bits per heavy atom. The van der Waals surface area contributed by atoms with E-state index in [-0.39, 0.29) is 5.91 Å². The van der Waals surface area contributed by atoms with Crippen molar-refractivity contribution < 1.29 is 4.79 Å². The van der Waals surface area contributed by atoms with E-state index in [1.165, 1.54) is 5.56 Å². The van der Waals surface area contributed by atoms with Crippen LogP contribution < -0.4 is 0 Å². The molecular formula is C27H22Cl3N3O. The first-order chi connectivity index (χ1) is 16.5. The molecular weight excluding hydrogens is 489 g/mol. The van der Waals surface area contributed by atoms with Gasteiger partial charge in [0.1, 0.15) is 0 Å². The summed E-state index contributed by atoms with van der Waals surface area (Å²) in [5.41, 5.74) is 4.07. The fraction of sp³-hybridized carbons (Fsp3) is 0.185. The Bertz CT molecular complexity index is 1310. The van der Waals surface area contributed by atoms with Gasteiger partial charge < -0.3 is 4.90 Å². The molecule has 0 aliphatic carbocycles. The molecule has 0 bridgehead atoms. The Morgan fingerprint density at radius 1 is 0.824 bits per heavy atom. The summed E-state index contributed by atoms with van der Waals surface area (Å²) >= 11 is 18.6. The van der Waals surface area contributed by atoms with Gasteiger partial charge in [-0.05, 0) is 66.8 Å². The fourth-order valence-corrected chi connectivity index (χ4v) is 4.90. The Morgan fingerprint density at radius 3 is 2.09 bits per heavy atom. The van der Waals surface area contributed by atoms with E-state index in [0.717, 1.165) is 34.8 Å². The van der Waals surface area contributed by atoms with Crippen molar-refractivity contribution in [2.24, 2.45) is 0 Å². The summed E-state index contributed by atoms with van der Waals surface area (Å²) in [6, 6.07) is 24.8. The number of halogens is 3. The number of piperidine rings is 1. The summed E-state index contributed by atoms with van der Waals surface area (Å²) < 4.78 is 1.74. The minimum atomic E-state index is -0.0735. The number of hydrogen-bond acceptors (Lipinski definition) is 2. The number of aromatic nitrogens is 2. The summed E-state index contributed by atoms with van der Waals surface area (Å²) in [5.74, 6) is 0.349. The standard InChI is InChI=1S/C27H22Cl3N3O/c28-21-9-5-18(6-10-21)19-13-15-32(16-14-19)27(34)24-17-26(20-7-11-22(29)12-8-20)33(31-24)25-4-2-1-3-23(25)30/h1-12,17,19H,13-16H2. The van der Waals surface area contributed by atoms with Crippen molar-refractivity contribution in [2.75, 3.05) is 13.1 Å². The highest BCUT2D eigenvalue weighted by Crippen LogP contribution is 2.32. The van der Waals surface area contributed by atoms with E-state index in [0.29, 0.717) is 34.7 Å². The van der Waals surface area contributed by atoms with Crippen molar-refractivity contribution in [3.8, 4) is 16.9 Å². The number of amides is 1. The largest absolute Gasteiger partial charge is 0.337 e. The molecule has 1 aliphatic heterocycles. The van der Waals surface area contributed by atoms with Gasteiger partial charge in [0, 0.05) is 28.7 Å². The van der Waals surface area contributed by atoms with Gasteiger partial charge in [0.15, 0.2) is 5.69 Å². The topological polar surface area (TPSA) is 38.1 Å². The highest BCUT2D eigenvalue weighted by atomic mass is 35.5. The van der Waals surface area contributed by atoms with E-state index < -0.39 is 0 Å². The normalized spacial score (nSPS) is 14.4. The summed E-state index contributed by atoms with van der Waals surface area (Å²) in [7, 11) is 0. The van der Waals surface area contributed by atoms with Gasteiger partial charge in [-0.25, -0.2) is 4.68 Å². The maximum atomic E-state index is 13.4. The van der Waals surface area contributed by atoms with Crippen molar-refractivity contribution in [3.63, 3.8) is 0 Å². The van der Waals surface area contributed by atoms with E-state index in [4.69, 9.17) is 39.9 Å². The van der Waals surface area contributed by atoms with Gasteiger partial charge in [-0.3, -0.25) is 4.79 Å². The van der Waals surface area contributed by atoms with Gasteiger partial charge in [0.25, 0.3) is 5.91 Å². The van der Waals surface area contributed by atoms with Gasteiger partial charge in [0.05, 0.1) is 16.4 Å². The Kier molecular flexibility index (Phi) is 6.64. The molecule has 1 saturated heterocycles. The third kappa shape index (κ3) is 4.72. The van der Waals surface area contributed by atoms with Crippen molar-refractivity contribution in [1.82, 2.24) is 14.7 Å². The lowest BCUT2D eigenvalue weighted by atomic mass is 9.89. The average Bonchev–Trinajstić information content (AvgIpc) is 3.30. The number of benzene rings is 3. The molecule has 0 unspecified atom stereocenters. The van der Waals surface area contributed by atoms with Crippen LogP contribution in [0.1, 0.15) is 34.8 Å². The molecule has 0 radical (unpaired) electrons. The van der Waals surface area contributed by atoms with Gasteiger partial charge >= 0.3 is 0 Å². The molecule has 172 valence electrons. The predicted octanol–water partition coefficient (Wildman–Crippen LogP) is 7.52. The smallest absolute Gasteiger partial charge is 0.274 e. The van der Waals surface area contributed by atoms with Crippen LogP contribution in [0.25, 0.3) is 16.9 Å². The zero-order chi connectivity index (χ0) is 23.7. The van der Waals surface area contributed by atoms with Crippen LogP contribution in [0, 0.1) is 0 Å². The zero-order valence-electron chi connectivity index (χ0n) is 18.3. The van der Waals surface area contributed by atoms with Crippen molar-refractivity contribution in [3.05, 3.63) is 105 Å². The molecule has 5 rings (SSSR count). The van der Waals surface area contributed by atoms with Gasteiger partial charge in [0.2, 0.25) is 0 Å². The van der Waals surface area contributed by atoms with Crippen LogP contribution in [0.2, 0.25) is 15.1 Å². The third-order valence-electron chi connectivity index (χ3n) is 6.27. The maximum Gasteiger partial charge on any atom is 0.274 e. The first-order valence-corrected chi connectivity index (χ1v) is 12.3. The Hall–Kier alpha value is -2.79. The molecule has 0 spiro atoms. The summed E-state index contributed by atoms with van der Waals surface area (Å²) in [6.07, 6.45) is 1.81. The second-order valence-electron chi connectivity index (χ2n) is 8.40. The lowest BCUT2D eigenvalue weighted by Gasteiger charge is -2.31. The Balaban J connectivity index is 1.42. The molecule has 0 N–H and O–H groups in total. The molecule has 1 amide bonds. The molecule has 4 aromatic rings. The van der Waals surface area contributed by atoms with E-state index in [1.807, 2.05) is 71.6 Å². The van der Waals surface area contributed by atoms with E-state index in [1.54, 1.807) is 4.68 Å². The molecule has 7 heteroatoms. The fourth-order valence-electron chi connectivity index (χ4n) is 4.43. The molecule has 0 atom stereocenters. The first kappa shape index (κ1) is 23.0. The molecule has 34 heavy (non-hydrogen) atoms. The van der Waals surface area contributed by atoms with Gasteiger partial charge in [-0.1, -0.05) is 71.2 Å². The molecule has 1 fully saturated rings. The molecule has 3 aromatic carbocycles. The molecule has 2 heterocycles. The third-order valence-corrected chi connectivity index (χ3v) is 7.10. The number of likely N-dealkylation sites (tertiary alicyclic amines) is 1. The van der Waals surface area contributed by atoms with Gasteiger partial charge in [-0.15, -0.1) is 0 Å². The molecule has 1 aliphatic rings. The van der Waals surface area contributed by atoms with Crippen LogP contribution in [0.15, 0.2) is 78.9 Å². The quantitative estimate of drug-likeness (QED) is 0.285. The van der Waals surface area contributed by atoms with Crippen LogP contribution in [0.5, 0.6) is 0 Å². The summed E-state index contributed by atoms with van der Waals surface area (Å²) in [4.78, 5) is 15.3. The van der Waals surface area contributed by atoms with Crippen LogP contribution >= 0.6 is 34.8 Å². The Labute approximate surface area is 213 Å². The minimum Gasteiger partial charge on any atom is -0.337 e. The summed E-state index contributed by atoms with van der Waals surface area (Å²) in [6.45, 7) is 1.36. The number of carbonyl (C=O) groups excluding carboxylic acids is 1. The van der Waals surface area contributed by atoms with E-state index in [9.17, 15) is 4.79 Å². The predicted molar refractivity (Wildman–Crippen MR) is 138 cm³/mol. The molecule has 1 aromatic heterocycles. The maximum absolute atomic E-state index is 13.4. The molecule has 0 saturated carbocycles. The average molecular weight is 511 g/mol. The number of carbonyl (C=O) groups is 1. The number of para-hydroxylation sites is 1. The lowest BCUT2D eigenvalue weighted by molar-refractivity contribution is 0.0706. The van der Waals surface area contributed by atoms with Crippen molar-refractivity contribution >= 4 is 40.7 Å². The van der Waals surface area contributed by atoms with Crippen LogP contribution in [0.4, 0.5) is 0 Å². The lowest BCUT2D eigenvalue weighted by Crippen LogP contribution is -2.38. The van der Waals surface area contributed by atoms with Crippen molar-refractivity contribution in [1.29, 1.82) is 0 Å². The highest BCUT2D eigenvalue weighted by Gasteiger charge is 2.27. The van der Waals surface area contributed by atoms with Crippen LogP contribution in [-0.4, -0.2) is 33.7 Å². The zero-order valence-corrected chi connectivity index (χ0v) is 20.6. The second kappa shape index (κ2) is 9.83. The van der Waals surface area contributed by atoms with Gasteiger partial charge in [-0.2, -0.15) is 5.10 Å². The van der Waals surface area contributed by atoms with Crippen molar-refractivity contribution in [2.45, 2.75) is 18.8 Å². The van der Waals surface area contributed by atoms with E-state index in [2.05, 4.69) is 12.1 Å². The molecule has 4 nitrogen and oxygen atoms in total. The summed E-state index contributed by atoms with van der Waals surface area (Å²) in [5, 5.41) is 6.64. The minimum absolute atomic E-state index is 0.0735. The monoisotopic (exact) mass is 509 g/mol. The number of hydrogen-bond donors (Lipinski definition) is 0. The highest BCUT2D eigenvalue weighted by molar-refractivity contribution is 6.32. The number of rotatable bonds is 4.